The highest BCUT2D eigenvalue weighted by Gasteiger charge is 2.16. The molecule has 0 aliphatic heterocycles. The van der Waals surface area contributed by atoms with Gasteiger partial charge in [0.1, 0.15) is 0 Å². The van der Waals surface area contributed by atoms with Crippen molar-refractivity contribution in [1.29, 1.82) is 0 Å². The predicted octanol–water partition coefficient (Wildman–Crippen LogP) is 5.77. The Balaban J connectivity index is 1.84. The van der Waals surface area contributed by atoms with E-state index in [1.165, 1.54) is 42.4 Å². The van der Waals surface area contributed by atoms with Gasteiger partial charge in [-0.2, -0.15) is 0 Å². The minimum absolute atomic E-state index is 0.809. The quantitative estimate of drug-likeness (QED) is 0.660. The van der Waals surface area contributed by atoms with Gasteiger partial charge in [-0.3, -0.25) is 0 Å². The van der Waals surface area contributed by atoms with E-state index in [0.29, 0.717) is 0 Å². The van der Waals surface area contributed by atoms with E-state index in [1.54, 1.807) is 0 Å². The highest BCUT2D eigenvalue weighted by Crippen LogP contribution is 2.34. The largest absolute Gasteiger partial charge is 0.0581 e. The molecule has 2 aromatic carbocycles. The summed E-state index contributed by atoms with van der Waals surface area (Å²) in [6.07, 6.45) is 5.55. The second kappa shape index (κ2) is 5.27. The SMILES string of the molecule is Brc1ccc(-c2ccc(C3CCCC3)cc2)cc1. The monoisotopic (exact) mass is 300 g/mol. The minimum Gasteiger partial charge on any atom is -0.0581 e. The van der Waals surface area contributed by atoms with Crippen LogP contribution in [0.4, 0.5) is 0 Å². The van der Waals surface area contributed by atoms with E-state index in [9.17, 15) is 0 Å². The second-order valence-electron chi connectivity index (χ2n) is 5.11. The van der Waals surface area contributed by atoms with Gasteiger partial charge in [-0.15, -0.1) is 0 Å². The van der Waals surface area contributed by atoms with Gasteiger partial charge in [-0.1, -0.05) is 65.2 Å². The highest BCUT2D eigenvalue weighted by atomic mass is 79.9. The number of hydrogen-bond donors (Lipinski definition) is 0. The topological polar surface area (TPSA) is 0 Å². The molecule has 1 heteroatoms. The zero-order valence-corrected chi connectivity index (χ0v) is 12.0. The summed E-state index contributed by atoms with van der Waals surface area (Å²) in [5, 5.41) is 0. The number of benzene rings is 2. The maximum atomic E-state index is 3.47. The zero-order valence-electron chi connectivity index (χ0n) is 10.4. The molecule has 0 amide bonds. The van der Waals surface area contributed by atoms with E-state index in [1.807, 2.05) is 0 Å². The normalized spacial score (nSPS) is 16.1. The first-order chi connectivity index (χ1) is 8.83. The van der Waals surface area contributed by atoms with Gasteiger partial charge in [0.2, 0.25) is 0 Å². The van der Waals surface area contributed by atoms with E-state index in [0.717, 1.165) is 10.4 Å². The molecule has 0 nitrogen and oxygen atoms in total. The summed E-state index contributed by atoms with van der Waals surface area (Å²) in [5.41, 5.74) is 4.12. The van der Waals surface area contributed by atoms with E-state index in [-0.39, 0.29) is 0 Å². The molecule has 1 aliphatic rings. The van der Waals surface area contributed by atoms with Crippen molar-refractivity contribution in [2.45, 2.75) is 31.6 Å². The number of rotatable bonds is 2. The van der Waals surface area contributed by atoms with E-state index < -0.39 is 0 Å². The predicted molar refractivity (Wildman–Crippen MR) is 80.8 cm³/mol. The van der Waals surface area contributed by atoms with Crippen LogP contribution < -0.4 is 0 Å². The summed E-state index contributed by atoms with van der Waals surface area (Å²) in [5.74, 6) is 0.809. The molecule has 0 atom stereocenters. The van der Waals surface area contributed by atoms with Crippen molar-refractivity contribution >= 4 is 15.9 Å². The first-order valence-electron chi connectivity index (χ1n) is 6.69. The van der Waals surface area contributed by atoms with Crippen molar-refractivity contribution in [3.63, 3.8) is 0 Å². The maximum absolute atomic E-state index is 3.47. The fraction of sp³-hybridized carbons (Fsp3) is 0.294. The van der Waals surface area contributed by atoms with Gasteiger partial charge in [0, 0.05) is 4.47 Å². The Morgan fingerprint density at radius 2 is 1.22 bits per heavy atom. The highest BCUT2D eigenvalue weighted by molar-refractivity contribution is 9.10. The summed E-state index contributed by atoms with van der Waals surface area (Å²) in [4.78, 5) is 0. The van der Waals surface area contributed by atoms with Crippen LogP contribution in [-0.2, 0) is 0 Å². The van der Waals surface area contributed by atoms with Gasteiger partial charge in [0.05, 0.1) is 0 Å². The van der Waals surface area contributed by atoms with Crippen LogP contribution in [0.1, 0.15) is 37.2 Å². The average molecular weight is 301 g/mol. The zero-order chi connectivity index (χ0) is 12.4. The molecule has 0 bridgehead atoms. The Bertz CT molecular complexity index is 504. The van der Waals surface area contributed by atoms with Gasteiger partial charge in [-0.05, 0) is 47.6 Å². The molecule has 0 radical (unpaired) electrons. The van der Waals surface area contributed by atoms with Gasteiger partial charge in [0.25, 0.3) is 0 Å². The van der Waals surface area contributed by atoms with E-state index >= 15 is 0 Å². The molecule has 0 aromatic heterocycles. The molecular formula is C17H17Br. The average Bonchev–Trinajstić information content (AvgIpc) is 2.94. The lowest BCUT2D eigenvalue weighted by atomic mass is 9.95. The number of halogens is 1. The Morgan fingerprint density at radius 1 is 0.722 bits per heavy atom. The Morgan fingerprint density at radius 3 is 1.78 bits per heavy atom. The molecule has 0 heterocycles. The Hall–Kier alpha value is -1.08. The second-order valence-corrected chi connectivity index (χ2v) is 6.03. The van der Waals surface area contributed by atoms with Crippen LogP contribution in [-0.4, -0.2) is 0 Å². The summed E-state index contributed by atoms with van der Waals surface area (Å²) in [6.45, 7) is 0. The van der Waals surface area contributed by atoms with E-state index in [2.05, 4.69) is 64.5 Å². The standard InChI is InChI=1S/C17H17Br/c18-17-11-9-16(10-12-17)15-7-5-14(6-8-15)13-3-1-2-4-13/h5-13H,1-4H2. The molecule has 18 heavy (non-hydrogen) atoms. The van der Waals surface area contributed by atoms with Gasteiger partial charge in [0.15, 0.2) is 0 Å². The minimum atomic E-state index is 0.809. The molecule has 0 unspecified atom stereocenters. The fourth-order valence-corrected chi connectivity index (χ4v) is 3.11. The molecule has 2 aromatic rings. The van der Waals surface area contributed by atoms with Crippen LogP contribution in [0, 0.1) is 0 Å². The molecule has 92 valence electrons. The molecule has 1 saturated carbocycles. The molecule has 1 fully saturated rings. The first kappa shape index (κ1) is 12.0. The maximum Gasteiger partial charge on any atom is 0.0175 e. The molecule has 0 saturated heterocycles. The lowest BCUT2D eigenvalue weighted by Crippen LogP contribution is -1.91. The fourth-order valence-electron chi connectivity index (χ4n) is 2.85. The summed E-state index contributed by atoms with van der Waals surface area (Å²) in [7, 11) is 0. The molecular weight excluding hydrogens is 284 g/mol. The van der Waals surface area contributed by atoms with Crippen molar-refractivity contribution in [3.8, 4) is 11.1 Å². The first-order valence-corrected chi connectivity index (χ1v) is 7.48. The van der Waals surface area contributed by atoms with Crippen molar-refractivity contribution in [3.05, 3.63) is 58.6 Å². The summed E-state index contributed by atoms with van der Waals surface area (Å²) in [6, 6.07) is 17.7. The molecule has 0 N–H and O–H groups in total. The van der Waals surface area contributed by atoms with Crippen LogP contribution in [0.3, 0.4) is 0 Å². The van der Waals surface area contributed by atoms with Crippen LogP contribution in [0.5, 0.6) is 0 Å². The molecule has 1 aliphatic carbocycles. The lowest BCUT2D eigenvalue weighted by molar-refractivity contribution is 0.723. The van der Waals surface area contributed by atoms with Crippen LogP contribution in [0.15, 0.2) is 53.0 Å². The third kappa shape index (κ3) is 2.51. The van der Waals surface area contributed by atoms with Crippen molar-refractivity contribution in [1.82, 2.24) is 0 Å². The van der Waals surface area contributed by atoms with Gasteiger partial charge < -0.3 is 0 Å². The lowest BCUT2D eigenvalue weighted by Gasteiger charge is -2.10. The van der Waals surface area contributed by atoms with Gasteiger partial charge >= 0.3 is 0 Å². The van der Waals surface area contributed by atoms with Crippen LogP contribution >= 0.6 is 15.9 Å². The third-order valence-corrected chi connectivity index (χ3v) is 4.44. The van der Waals surface area contributed by atoms with E-state index in [4.69, 9.17) is 0 Å². The molecule has 3 rings (SSSR count). The van der Waals surface area contributed by atoms with Crippen molar-refractivity contribution in [2.24, 2.45) is 0 Å². The Labute approximate surface area is 117 Å². The summed E-state index contributed by atoms with van der Waals surface area (Å²) < 4.78 is 1.13. The van der Waals surface area contributed by atoms with Crippen LogP contribution in [0.2, 0.25) is 0 Å². The molecule has 0 spiro atoms. The smallest absolute Gasteiger partial charge is 0.0175 e. The Kier molecular flexibility index (Phi) is 3.51. The number of hydrogen-bond acceptors (Lipinski definition) is 0. The van der Waals surface area contributed by atoms with Crippen molar-refractivity contribution < 1.29 is 0 Å². The van der Waals surface area contributed by atoms with Crippen LogP contribution in [0.25, 0.3) is 11.1 Å². The van der Waals surface area contributed by atoms with Crippen molar-refractivity contribution in [2.75, 3.05) is 0 Å². The summed E-state index contributed by atoms with van der Waals surface area (Å²) >= 11 is 3.47. The third-order valence-electron chi connectivity index (χ3n) is 3.91. The van der Waals surface area contributed by atoms with Gasteiger partial charge in [-0.25, -0.2) is 0 Å².